The fourth-order valence-electron chi connectivity index (χ4n) is 3.22. The van der Waals surface area contributed by atoms with Gasteiger partial charge in [0.05, 0.1) is 0 Å². The molecule has 1 aliphatic rings. The maximum Gasteiger partial charge on any atom is 0.0455 e. The molecule has 0 aliphatic carbocycles. The van der Waals surface area contributed by atoms with Crippen molar-refractivity contribution in [2.75, 3.05) is 25.0 Å². The third kappa shape index (κ3) is 3.15. The molecule has 0 saturated carbocycles. The minimum atomic E-state index is 0.619. The molecular formula is C17H25N3. The lowest BCUT2D eigenvalue weighted by molar-refractivity contribution is 0.285. The molecule has 0 amide bonds. The van der Waals surface area contributed by atoms with Crippen molar-refractivity contribution in [3.63, 3.8) is 0 Å². The third-order valence-electron chi connectivity index (χ3n) is 4.28. The van der Waals surface area contributed by atoms with E-state index >= 15 is 0 Å². The van der Waals surface area contributed by atoms with Crippen molar-refractivity contribution >= 4 is 16.6 Å². The molecular weight excluding hydrogens is 246 g/mol. The van der Waals surface area contributed by atoms with Crippen molar-refractivity contribution in [3.8, 4) is 0 Å². The molecule has 3 nitrogen and oxygen atoms in total. The maximum atomic E-state index is 3.72. The SMILES string of the molecule is CCCN1CCCC(Nc2ccc3[nH]ccc3c2)CC1. The van der Waals surface area contributed by atoms with Gasteiger partial charge in [0, 0.05) is 35.4 Å². The predicted molar refractivity (Wildman–Crippen MR) is 86.3 cm³/mol. The average molecular weight is 271 g/mol. The van der Waals surface area contributed by atoms with E-state index in [9.17, 15) is 0 Å². The molecule has 20 heavy (non-hydrogen) atoms. The van der Waals surface area contributed by atoms with E-state index in [0.717, 1.165) is 0 Å². The minimum Gasteiger partial charge on any atom is -0.382 e. The number of likely N-dealkylation sites (tertiary alicyclic amines) is 1. The summed E-state index contributed by atoms with van der Waals surface area (Å²) in [6.45, 7) is 6.02. The molecule has 0 bridgehead atoms. The first-order valence-electron chi connectivity index (χ1n) is 7.91. The normalized spacial score (nSPS) is 20.9. The smallest absolute Gasteiger partial charge is 0.0455 e. The number of fused-ring (bicyclic) bond motifs is 1. The highest BCUT2D eigenvalue weighted by Crippen LogP contribution is 2.21. The Labute approximate surface area is 121 Å². The van der Waals surface area contributed by atoms with Gasteiger partial charge in [0.25, 0.3) is 0 Å². The first-order valence-corrected chi connectivity index (χ1v) is 7.91. The Morgan fingerprint density at radius 2 is 2.20 bits per heavy atom. The molecule has 1 fully saturated rings. The van der Waals surface area contributed by atoms with Crippen LogP contribution in [0.2, 0.25) is 0 Å². The Morgan fingerprint density at radius 1 is 1.25 bits per heavy atom. The molecule has 2 heterocycles. The van der Waals surface area contributed by atoms with E-state index in [2.05, 4.69) is 46.4 Å². The highest BCUT2D eigenvalue weighted by atomic mass is 15.1. The lowest BCUT2D eigenvalue weighted by Gasteiger charge is -2.20. The van der Waals surface area contributed by atoms with Crippen LogP contribution in [0.25, 0.3) is 10.9 Å². The highest BCUT2D eigenvalue weighted by molar-refractivity contribution is 5.83. The van der Waals surface area contributed by atoms with Gasteiger partial charge in [0.15, 0.2) is 0 Å². The monoisotopic (exact) mass is 271 g/mol. The van der Waals surface area contributed by atoms with Crippen LogP contribution in [0, 0.1) is 0 Å². The lowest BCUT2D eigenvalue weighted by Crippen LogP contribution is -2.27. The van der Waals surface area contributed by atoms with Gasteiger partial charge >= 0.3 is 0 Å². The summed E-state index contributed by atoms with van der Waals surface area (Å²) in [5.41, 5.74) is 2.47. The summed E-state index contributed by atoms with van der Waals surface area (Å²) in [4.78, 5) is 5.85. The van der Waals surface area contributed by atoms with Crippen molar-refractivity contribution in [2.24, 2.45) is 0 Å². The van der Waals surface area contributed by atoms with Crippen LogP contribution in [-0.2, 0) is 0 Å². The fourth-order valence-corrected chi connectivity index (χ4v) is 3.22. The zero-order valence-electron chi connectivity index (χ0n) is 12.4. The molecule has 2 N–H and O–H groups in total. The Bertz CT molecular complexity index is 546. The van der Waals surface area contributed by atoms with Crippen molar-refractivity contribution in [1.82, 2.24) is 9.88 Å². The average Bonchev–Trinajstić information content (AvgIpc) is 2.81. The number of hydrogen-bond donors (Lipinski definition) is 2. The number of aromatic nitrogens is 1. The molecule has 1 atom stereocenters. The van der Waals surface area contributed by atoms with Gasteiger partial charge in [-0.3, -0.25) is 0 Å². The first-order chi connectivity index (χ1) is 9.85. The number of anilines is 1. The molecule has 1 unspecified atom stereocenters. The zero-order chi connectivity index (χ0) is 13.8. The van der Waals surface area contributed by atoms with E-state index in [-0.39, 0.29) is 0 Å². The van der Waals surface area contributed by atoms with Crippen LogP contribution in [0.5, 0.6) is 0 Å². The second-order valence-electron chi connectivity index (χ2n) is 5.89. The first kappa shape index (κ1) is 13.5. The second kappa shape index (κ2) is 6.31. The highest BCUT2D eigenvalue weighted by Gasteiger charge is 2.16. The van der Waals surface area contributed by atoms with E-state index < -0.39 is 0 Å². The summed E-state index contributed by atoms with van der Waals surface area (Å²) >= 11 is 0. The van der Waals surface area contributed by atoms with Crippen LogP contribution in [0.3, 0.4) is 0 Å². The molecule has 1 aromatic heterocycles. The van der Waals surface area contributed by atoms with Crippen LogP contribution in [-0.4, -0.2) is 35.6 Å². The topological polar surface area (TPSA) is 31.1 Å². The van der Waals surface area contributed by atoms with Gasteiger partial charge < -0.3 is 15.2 Å². The number of rotatable bonds is 4. The summed E-state index contributed by atoms with van der Waals surface area (Å²) in [7, 11) is 0. The number of aromatic amines is 1. The summed E-state index contributed by atoms with van der Waals surface area (Å²) in [5.74, 6) is 0. The summed E-state index contributed by atoms with van der Waals surface area (Å²) in [6, 6.07) is 9.36. The zero-order valence-corrected chi connectivity index (χ0v) is 12.4. The largest absolute Gasteiger partial charge is 0.382 e. The predicted octanol–water partition coefficient (Wildman–Crippen LogP) is 3.84. The van der Waals surface area contributed by atoms with Gasteiger partial charge in [-0.25, -0.2) is 0 Å². The van der Waals surface area contributed by atoms with Crippen LogP contribution in [0.4, 0.5) is 5.69 Å². The van der Waals surface area contributed by atoms with Crippen molar-refractivity contribution < 1.29 is 0 Å². The summed E-state index contributed by atoms with van der Waals surface area (Å²) in [5, 5.41) is 5.01. The minimum absolute atomic E-state index is 0.619. The number of H-pyrrole nitrogens is 1. The van der Waals surface area contributed by atoms with Crippen molar-refractivity contribution in [1.29, 1.82) is 0 Å². The van der Waals surface area contributed by atoms with Gasteiger partial charge in [0.1, 0.15) is 0 Å². The molecule has 3 rings (SSSR count). The standard InChI is InChI=1S/C17H25N3/c1-2-10-20-11-3-4-15(8-12-20)19-16-5-6-17-14(13-16)7-9-18-17/h5-7,9,13,15,18-19H,2-4,8,10-12H2,1H3. The Morgan fingerprint density at radius 3 is 3.10 bits per heavy atom. The third-order valence-corrected chi connectivity index (χ3v) is 4.28. The molecule has 108 valence electrons. The lowest BCUT2D eigenvalue weighted by atomic mass is 10.1. The van der Waals surface area contributed by atoms with Crippen LogP contribution in [0.15, 0.2) is 30.5 Å². The Balaban J connectivity index is 1.62. The van der Waals surface area contributed by atoms with Crippen LogP contribution >= 0.6 is 0 Å². The molecule has 0 spiro atoms. The molecule has 1 aliphatic heterocycles. The van der Waals surface area contributed by atoms with Gasteiger partial charge in [0.2, 0.25) is 0 Å². The molecule has 1 aromatic carbocycles. The molecule has 2 aromatic rings. The molecule has 0 radical (unpaired) electrons. The van der Waals surface area contributed by atoms with Crippen molar-refractivity contribution in [3.05, 3.63) is 30.5 Å². The van der Waals surface area contributed by atoms with E-state index in [0.29, 0.717) is 6.04 Å². The number of nitrogens with one attached hydrogen (secondary N) is 2. The van der Waals surface area contributed by atoms with Gasteiger partial charge in [-0.1, -0.05) is 6.92 Å². The van der Waals surface area contributed by atoms with E-state index in [4.69, 9.17) is 0 Å². The number of nitrogens with zero attached hydrogens (tertiary/aromatic N) is 1. The molecule has 1 saturated heterocycles. The number of hydrogen-bond acceptors (Lipinski definition) is 2. The van der Waals surface area contributed by atoms with Crippen LogP contribution < -0.4 is 5.32 Å². The van der Waals surface area contributed by atoms with Gasteiger partial charge in [-0.15, -0.1) is 0 Å². The maximum absolute atomic E-state index is 3.72. The van der Waals surface area contributed by atoms with Gasteiger partial charge in [-0.05, 0) is 63.0 Å². The van der Waals surface area contributed by atoms with Gasteiger partial charge in [-0.2, -0.15) is 0 Å². The fraction of sp³-hybridized carbons (Fsp3) is 0.529. The van der Waals surface area contributed by atoms with E-state index in [1.165, 1.54) is 61.9 Å². The second-order valence-corrected chi connectivity index (χ2v) is 5.89. The van der Waals surface area contributed by atoms with E-state index in [1.807, 2.05) is 6.20 Å². The molecule has 3 heteroatoms. The summed E-state index contributed by atoms with van der Waals surface area (Å²) in [6.07, 6.45) is 7.12. The van der Waals surface area contributed by atoms with Crippen molar-refractivity contribution in [2.45, 2.75) is 38.6 Å². The number of benzene rings is 1. The van der Waals surface area contributed by atoms with Crippen LogP contribution in [0.1, 0.15) is 32.6 Å². The Kier molecular flexibility index (Phi) is 4.26. The Hall–Kier alpha value is -1.48. The quantitative estimate of drug-likeness (QED) is 0.885. The summed E-state index contributed by atoms with van der Waals surface area (Å²) < 4.78 is 0. The van der Waals surface area contributed by atoms with E-state index in [1.54, 1.807) is 0 Å².